The van der Waals surface area contributed by atoms with Crippen LogP contribution in [0.4, 0.5) is 13.2 Å². The Morgan fingerprint density at radius 3 is 2.76 bits per heavy atom. The topological polar surface area (TPSA) is 44.1 Å². The molecule has 0 saturated carbocycles. The van der Waals surface area contributed by atoms with Crippen molar-refractivity contribution < 1.29 is 17.9 Å². The molecular weight excluding hydrogens is 401 g/mol. The fourth-order valence-electron chi connectivity index (χ4n) is 3.40. The Balaban J connectivity index is 1.66. The Morgan fingerprint density at radius 1 is 1.17 bits per heavy atom. The highest BCUT2D eigenvalue weighted by atomic mass is 32.2. The number of rotatable bonds is 5. The summed E-state index contributed by atoms with van der Waals surface area (Å²) in [6.45, 7) is 1.06. The smallest absolute Gasteiger partial charge is 0.376 e. The van der Waals surface area contributed by atoms with Crippen LogP contribution in [0.1, 0.15) is 24.0 Å². The molecule has 0 spiro atoms. The lowest BCUT2D eigenvalue weighted by Gasteiger charge is -2.16. The second-order valence-corrected chi connectivity index (χ2v) is 7.89. The largest absolute Gasteiger partial charge is 0.416 e. The zero-order chi connectivity index (χ0) is 20.4. The van der Waals surface area contributed by atoms with E-state index >= 15 is 0 Å². The van der Waals surface area contributed by atoms with Gasteiger partial charge in [0.2, 0.25) is 0 Å². The van der Waals surface area contributed by atoms with E-state index in [2.05, 4.69) is 4.98 Å². The van der Waals surface area contributed by atoms with Crippen molar-refractivity contribution in [2.45, 2.75) is 42.6 Å². The molecule has 29 heavy (non-hydrogen) atoms. The van der Waals surface area contributed by atoms with Gasteiger partial charge in [-0.2, -0.15) is 13.2 Å². The summed E-state index contributed by atoms with van der Waals surface area (Å²) in [5.41, 5.74) is 0.264. The van der Waals surface area contributed by atoms with E-state index in [0.29, 0.717) is 34.8 Å². The van der Waals surface area contributed by atoms with E-state index in [9.17, 15) is 18.0 Å². The predicted molar refractivity (Wildman–Crippen MR) is 106 cm³/mol. The van der Waals surface area contributed by atoms with E-state index in [4.69, 9.17) is 4.74 Å². The zero-order valence-corrected chi connectivity index (χ0v) is 16.3. The molecule has 1 aliphatic rings. The van der Waals surface area contributed by atoms with E-state index in [1.807, 2.05) is 0 Å². The Hall–Kier alpha value is -2.32. The first-order valence-corrected chi connectivity index (χ1v) is 10.3. The molecule has 1 saturated heterocycles. The molecule has 2 aromatic carbocycles. The number of hydrogen-bond donors (Lipinski definition) is 0. The van der Waals surface area contributed by atoms with Crippen LogP contribution in [0.25, 0.3) is 10.9 Å². The molecule has 152 valence electrons. The third-order valence-electron chi connectivity index (χ3n) is 4.86. The molecule has 8 heteroatoms. The zero-order valence-electron chi connectivity index (χ0n) is 15.5. The Labute approximate surface area is 169 Å². The lowest BCUT2D eigenvalue weighted by atomic mass is 10.1. The molecule has 0 aliphatic carbocycles. The number of fused-ring (bicyclic) bond motifs is 1. The third kappa shape index (κ3) is 4.48. The third-order valence-corrected chi connectivity index (χ3v) is 5.91. The van der Waals surface area contributed by atoms with Gasteiger partial charge in [0.25, 0.3) is 5.56 Å². The molecule has 1 aliphatic heterocycles. The number of benzene rings is 2. The molecule has 0 bridgehead atoms. The average Bonchev–Trinajstić information content (AvgIpc) is 3.22. The van der Waals surface area contributed by atoms with Crippen molar-refractivity contribution >= 4 is 22.7 Å². The standard InChI is InChI=1S/C21H19F3N2O2S/c22-21(23,24)15-6-3-5-14(11-15)13-29-20-25-18-9-2-1-8-17(18)19(27)26(20)12-16-7-4-10-28-16/h1-3,5-6,8-9,11,16H,4,7,10,12-13H2/t16-/m1/s1. The molecular formula is C21H19F3N2O2S. The first-order chi connectivity index (χ1) is 13.9. The van der Waals surface area contributed by atoms with E-state index in [-0.39, 0.29) is 17.4 Å². The maximum absolute atomic E-state index is 13.0. The van der Waals surface area contributed by atoms with Gasteiger partial charge in [-0.1, -0.05) is 42.1 Å². The highest BCUT2D eigenvalue weighted by Crippen LogP contribution is 2.31. The summed E-state index contributed by atoms with van der Waals surface area (Å²) in [4.78, 5) is 17.7. The van der Waals surface area contributed by atoms with Crippen LogP contribution in [0.2, 0.25) is 0 Å². The van der Waals surface area contributed by atoms with Crippen LogP contribution >= 0.6 is 11.8 Å². The van der Waals surface area contributed by atoms with Gasteiger partial charge in [-0.3, -0.25) is 9.36 Å². The number of aromatic nitrogens is 2. The normalized spacial score (nSPS) is 17.1. The van der Waals surface area contributed by atoms with Crippen molar-refractivity contribution in [1.82, 2.24) is 9.55 Å². The summed E-state index contributed by atoms with van der Waals surface area (Å²) < 4.78 is 46.2. The quantitative estimate of drug-likeness (QED) is 0.436. The number of hydrogen-bond acceptors (Lipinski definition) is 4. The molecule has 0 unspecified atom stereocenters. The van der Waals surface area contributed by atoms with Gasteiger partial charge in [-0.25, -0.2) is 4.98 Å². The van der Waals surface area contributed by atoms with Crippen LogP contribution in [-0.2, 0) is 23.2 Å². The molecule has 1 fully saturated rings. The summed E-state index contributed by atoms with van der Waals surface area (Å²) in [7, 11) is 0. The molecule has 4 nitrogen and oxygen atoms in total. The van der Waals surface area contributed by atoms with Crippen LogP contribution in [0.15, 0.2) is 58.5 Å². The van der Waals surface area contributed by atoms with Crippen molar-refractivity contribution in [2.75, 3.05) is 6.61 Å². The van der Waals surface area contributed by atoms with Gasteiger partial charge in [0, 0.05) is 12.4 Å². The SMILES string of the molecule is O=c1c2ccccc2nc(SCc2cccc(C(F)(F)F)c2)n1C[C@H]1CCCO1. The number of para-hydroxylation sites is 1. The van der Waals surface area contributed by atoms with E-state index in [0.717, 1.165) is 25.0 Å². The molecule has 1 aromatic heterocycles. The average molecular weight is 420 g/mol. The van der Waals surface area contributed by atoms with Crippen molar-refractivity contribution in [3.63, 3.8) is 0 Å². The first-order valence-electron chi connectivity index (χ1n) is 9.32. The maximum atomic E-state index is 13.0. The van der Waals surface area contributed by atoms with E-state index in [1.165, 1.54) is 17.8 Å². The highest BCUT2D eigenvalue weighted by Gasteiger charge is 2.30. The summed E-state index contributed by atoms with van der Waals surface area (Å²) in [6, 6.07) is 12.3. The van der Waals surface area contributed by atoms with Crippen LogP contribution in [0.5, 0.6) is 0 Å². The van der Waals surface area contributed by atoms with Crippen LogP contribution in [-0.4, -0.2) is 22.3 Å². The van der Waals surface area contributed by atoms with Crippen molar-refractivity contribution in [3.05, 3.63) is 70.0 Å². The van der Waals surface area contributed by atoms with Gasteiger partial charge in [-0.05, 0) is 36.6 Å². The minimum Gasteiger partial charge on any atom is -0.376 e. The molecule has 2 heterocycles. The first kappa shape index (κ1) is 20.0. The monoisotopic (exact) mass is 420 g/mol. The Kier molecular flexibility index (Phi) is 5.65. The van der Waals surface area contributed by atoms with Gasteiger partial charge < -0.3 is 4.74 Å². The summed E-state index contributed by atoms with van der Waals surface area (Å²) in [5.74, 6) is 0.278. The van der Waals surface area contributed by atoms with Crippen molar-refractivity contribution in [2.24, 2.45) is 0 Å². The minimum atomic E-state index is -4.39. The number of thioether (sulfide) groups is 1. The highest BCUT2D eigenvalue weighted by molar-refractivity contribution is 7.98. The predicted octanol–water partition coefficient (Wildman–Crippen LogP) is 4.89. The van der Waals surface area contributed by atoms with Crippen molar-refractivity contribution in [3.8, 4) is 0 Å². The second-order valence-electron chi connectivity index (χ2n) is 6.95. The number of halogens is 3. The number of nitrogens with zero attached hydrogens (tertiary/aromatic N) is 2. The number of alkyl halides is 3. The maximum Gasteiger partial charge on any atom is 0.416 e. The van der Waals surface area contributed by atoms with Crippen LogP contribution < -0.4 is 5.56 Å². The molecule has 3 aromatic rings. The van der Waals surface area contributed by atoms with Gasteiger partial charge >= 0.3 is 6.18 Å². The van der Waals surface area contributed by atoms with Gasteiger partial charge in [0.15, 0.2) is 5.16 Å². The summed E-state index contributed by atoms with van der Waals surface area (Å²) >= 11 is 1.26. The second kappa shape index (κ2) is 8.20. The molecule has 1 atom stereocenters. The Morgan fingerprint density at radius 2 is 2.00 bits per heavy atom. The molecule has 0 N–H and O–H groups in total. The van der Waals surface area contributed by atoms with Gasteiger partial charge in [-0.15, -0.1) is 0 Å². The van der Waals surface area contributed by atoms with Gasteiger partial charge in [0.05, 0.1) is 29.1 Å². The lowest BCUT2D eigenvalue weighted by Crippen LogP contribution is -2.28. The molecule has 4 rings (SSSR count). The fourth-order valence-corrected chi connectivity index (χ4v) is 4.35. The molecule has 0 radical (unpaired) electrons. The Bertz CT molecular complexity index is 1080. The van der Waals surface area contributed by atoms with Crippen molar-refractivity contribution in [1.29, 1.82) is 0 Å². The van der Waals surface area contributed by atoms with E-state index < -0.39 is 11.7 Å². The fraction of sp³-hybridized carbons (Fsp3) is 0.333. The van der Waals surface area contributed by atoms with Crippen LogP contribution in [0, 0.1) is 0 Å². The van der Waals surface area contributed by atoms with Crippen LogP contribution in [0.3, 0.4) is 0 Å². The molecule has 0 amide bonds. The van der Waals surface area contributed by atoms with E-state index in [1.54, 1.807) is 34.9 Å². The lowest BCUT2D eigenvalue weighted by molar-refractivity contribution is -0.137. The minimum absolute atomic E-state index is 0.0523. The summed E-state index contributed by atoms with van der Waals surface area (Å²) in [5, 5.41) is 1.01. The van der Waals surface area contributed by atoms with Gasteiger partial charge in [0.1, 0.15) is 0 Å². The number of ether oxygens (including phenoxy) is 1. The summed E-state index contributed by atoms with van der Waals surface area (Å²) in [6.07, 6.45) is -2.61.